The van der Waals surface area contributed by atoms with E-state index in [2.05, 4.69) is 15.7 Å². The number of piperidine rings is 1. The maximum Gasteiger partial charge on any atom is 0.248 e. The lowest BCUT2D eigenvalue weighted by Gasteiger charge is -2.36. The van der Waals surface area contributed by atoms with Crippen molar-refractivity contribution in [2.75, 3.05) is 19.6 Å². The second kappa shape index (κ2) is 8.51. The van der Waals surface area contributed by atoms with Crippen LogP contribution in [0.15, 0.2) is 42.7 Å². The van der Waals surface area contributed by atoms with Gasteiger partial charge in [0.05, 0.1) is 0 Å². The summed E-state index contributed by atoms with van der Waals surface area (Å²) in [6, 6.07) is 9.59. The molecule has 2 N–H and O–H groups in total. The molecule has 0 radical (unpaired) electrons. The molecule has 3 rings (SSSR count). The van der Waals surface area contributed by atoms with Crippen LogP contribution < -0.4 is 10.6 Å². The van der Waals surface area contributed by atoms with Gasteiger partial charge in [0.2, 0.25) is 5.91 Å². The van der Waals surface area contributed by atoms with Crippen LogP contribution in [0.2, 0.25) is 5.02 Å². The van der Waals surface area contributed by atoms with Crippen LogP contribution in [0.1, 0.15) is 18.4 Å². The number of nitrogens with one attached hydrogen (secondary N) is 2. The first-order valence-electron chi connectivity index (χ1n) is 7.94. The predicted molar refractivity (Wildman–Crippen MR) is 97.7 cm³/mol. The van der Waals surface area contributed by atoms with E-state index >= 15 is 0 Å². The lowest BCUT2D eigenvalue weighted by molar-refractivity contribution is -0.131. The van der Waals surface area contributed by atoms with E-state index in [1.165, 1.54) is 0 Å². The van der Waals surface area contributed by atoms with E-state index in [9.17, 15) is 4.79 Å². The van der Waals surface area contributed by atoms with E-state index in [4.69, 9.17) is 11.6 Å². The third-order valence-corrected chi connectivity index (χ3v) is 4.66. The average molecular weight is 369 g/mol. The molecule has 0 bridgehead atoms. The molecule has 5 nitrogen and oxygen atoms in total. The Balaban J connectivity index is 0.00000208. The number of rotatable bonds is 5. The number of carbonyl (C=O) groups excluding carboxylic acids is 1. The maximum atomic E-state index is 12.8. The molecule has 2 heterocycles. The minimum atomic E-state index is -0.575. The smallest absolute Gasteiger partial charge is 0.248 e. The lowest BCUT2D eigenvalue weighted by atomic mass is 9.87. The molecule has 7 heteroatoms. The number of hydrogen-bond donors (Lipinski definition) is 2. The van der Waals surface area contributed by atoms with Crippen LogP contribution in [0.3, 0.4) is 0 Å². The highest BCUT2D eigenvalue weighted by Crippen LogP contribution is 2.27. The van der Waals surface area contributed by atoms with E-state index in [-0.39, 0.29) is 18.3 Å². The van der Waals surface area contributed by atoms with Gasteiger partial charge in [-0.3, -0.25) is 9.48 Å². The molecule has 1 saturated heterocycles. The number of hydrogen-bond acceptors (Lipinski definition) is 3. The van der Waals surface area contributed by atoms with Gasteiger partial charge >= 0.3 is 0 Å². The highest BCUT2D eigenvalue weighted by atomic mass is 35.5. The Labute approximate surface area is 153 Å². The molecule has 0 atom stereocenters. The lowest BCUT2D eigenvalue weighted by Crippen LogP contribution is -2.54. The molecule has 1 fully saturated rings. The normalized spacial score (nSPS) is 16.2. The fourth-order valence-electron chi connectivity index (χ4n) is 3.06. The van der Waals surface area contributed by atoms with Crippen LogP contribution >= 0.6 is 24.0 Å². The maximum absolute atomic E-state index is 12.8. The van der Waals surface area contributed by atoms with Gasteiger partial charge in [-0.2, -0.15) is 5.10 Å². The van der Waals surface area contributed by atoms with Gasteiger partial charge in [0, 0.05) is 24.0 Å². The van der Waals surface area contributed by atoms with Crippen molar-refractivity contribution < 1.29 is 4.79 Å². The summed E-state index contributed by atoms with van der Waals surface area (Å²) in [7, 11) is 0. The fraction of sp³-hybridized carbons (Fsp3) is 0.412. The Hall–Kier alpha value is -1.56. The topological polar surface area (TPSA) is 59.0 Å². The molecule has 1 aromatic carbocycles. The van der Waals surface area contributed by atoms with Gasteiger partial charge in [0.25, 0.3) is 0 Å². The van der Waals surface area contributed by atoms with Crippen molar-refractivity contribution in [2.45, 2.75) is 24.8 Å². The highest BCUT2D eigenvalue weighted by molar-refractivity contribution is 6.30. The van der Waals surface area contributed by atoms with E-state index in [1.807, 2.05) is 41.2 Å². The molecule has 1 aliphatic rings. The molecular weight excluding hydrogens is 347 g/mol. The predicted octanol–water partition coefficient (Wildman–Crippen LogP) is 2.40. The molecule has 130 valence electrons. The summed E-state index contributed by atoms with van der Waals surface area (Å²) < 4.78 is 1.81. The Morgan fingerprint density at radius 3 is 2.62 bits per heavy atom. The van der Waals surface area contributed by atoms with Crippen molar-refractivity contribution in [2.24, 2.45) is 0 Å². The van der Waals surface area contributed by atoms with Crippen molar-refractivity contribution in [3.8, 4) is 0 Å². The second-order valence-electron chi connectivity index (χ2n) is 5.86. The van der Waals surface area contributed by atoms with Gasteiger partial charge in [-0.1, -0.05) is 23.7 Å². The molecule has 0 aliphatic carbocycles. The molecule has 0 saturated carbocycles. The van der Waals surface area contributed by atoms with E-state index in [1.54, 1.807) is 6.20 Å². The summed E-state index contributed by atoms with van der Waals surface area (Å²) in [6.45, 7) is 2.26. The van der Waals surface area contributed by atoms with Crippen LogP contribution in [0.25, 0.3) is 0 Å². The number of nitrogens with zero attached hydrogens (tertiary/aromatic N) is 2. The quantitative estimate of drug-likeness (QED) is 0.851. The third kappa shape index (κ3) is 4.09. The Bertz CT molecular complexity index is 637. The first kappa shape index (κ1) is 18.8. The van der Waals surface area contributed by atoms with Crippen molar-refractivity contribution in [3.05, 3.63) is 53.3 Å². The Morgan fingerprint density at radius 1 is 1.29 bits per heavy atom. The molecule has 0 unspecified atom stereocenters. The summed E-state index contributed by atoms with van der Waals surface area (Å²) in [5, 5.41) is 11.4. The molecule has 2 aromatic rings. The SMILES string of the molecule is Cl.O=C(NCCc1ccc(Cl)cc1)C1(n2cccn2)CCNCC1. The number of halogens is 2. The summed E-state index contributed by atoms with van der Waals surface area (Å²) >= 11 is 5.89. The molecule has 1 amide bonds. The van der Waals surface area contributed by atoms with Crippen LogP contribution in [0.4, 0.5) is 0 Å². The van der Waals surface area contributed by atoms with Crippen LogP contribution in [0.5, 0.6) is 0 Å². The van der Waals surface area contributed by atoms with Gasteiger partial charge in [-0.25, -0.2) is 0 Å². The van der Waals surface area contributed by atoms with Crippen molar-refractivity contribution in [3.63, 3.8) is 0 Å². The summed E-state index contributed by atoms with van der Waals surface area (Å²) in [5.74, 6) is 0.0525. The zero-order valence-corrected chi connectivity index (χ0v) is 14.9. The van der Waals surface area contributed by atoms with E-state index in [0.717, 1.165) is 42.9 Å². The molecule has 0 spiro atoms. The largest absolute Gasteiger partial charge is 0.354 e. The third-order valence-electron chi connectivity index (χ3n) is 4.41. The van der Waals surface area contributed by atoms with Crippen molar-refractivity contribution >= 4 is 29.9 Å². The number of benzene rings is 1. The summed E-state index contributed by atoms with van der Waals surface area (Å²) in [5.41, 5.74) is 0.586. The minimum absolute atomic E-state index is 0. The monoisotopic (exact) mass is 368 g/mol. The number of carbonyl (C=O) groups is 1. The zero-order valence-electron chi connectivity index (χ0n) is 13.4. The average Bonchev–Trinajstić information content (AvgIpc) is 3.12. The number of amides is 1. The molecule has 1 aromatic heterocycles. The summed E-state index contributed by atoms with van der Waals surface area (Å²) in [4.78, 5) is 12.8. The highest BCUT2D eigenvalue weighted by Gasteiger charge is 2.41. The van der Waals surface area contributed by atoms with Gasteiger partial charge in [0.1, 0.15) is 5.54 Å². The molecule has 24 heavy (non-hydrogen) atoms. The standard InChI is InChI=1S/C17H21ClN4O.ClH/c18-15-4-2-14(3-5-15)6-10-20-16(23)17(7-11-19-12-8-17)22-13-1-9-21-22;/h1-5,9,13,19H,6-8,10-12H2,(H,20,23);1H. The first-order chi connectivity index (χ1) is 11.2. The Morgan fingerprint density at radius 2 is 2.00 bits per heavy atom. The van der Waals surface area contributed by atoms with Gasteiger partial charge < -0.3 is 10.6 Å². The fourth-order valence-corrected chi connectivity index (χ4v) is 3.18. The first-order valence-corrected chi connectivity index (χ1v) is 8.32. The van der Waals surface area contributed by atoms with E-state index in [0.29, 0.717) is 6.54 Å². The molecular formula is C17H22Cl2N4O. The van der Waals surface area contributed by atoms with Crippen LogP contribution in [-0.4, -0.2) is 35.3 Å². The Kier molecular flexibility index (Phi) is 6.66. The van der Waals surface area contributed by atoms with Crippen LogP contribution in [-0.2, 0) is 16.8 Å². The van der Waals surface area contributed by atoms with E-state index < -0.39 is 5.54 Å². The van der Waals surface area contributed by atoms with Crippen molar-refractivity contribution in [1.82, 2.24) is 20.4 Å². The van der Waals surface area contributed by atoms with Gasteiger partial charge in [-0.15, -0.1) is 12.4 Å². The minimum Gasteiger partial charge on any atom is -0.354 e. The van der Waals surface area contributed by atoms with Gasteiger partial charge in [0.15, 0.2) is 0 Å². The van der Waals surface area contributed by atoms with Gasteiger partial charge in [-0.05, 0) is 56.1 Å². The summed E-state index contributed by atoms with van der Waals surface area (Å²) in [6.07, 6.45) is 5.90. The molecule has 1 aliphatic heterocycles. The number of aromatic nitrogens is 2. The van der Waals surface area contributed by atoms with Crippen LogP contribution in [0, 0.1) is 0 Å². The zero-order chi connectivity index (χ0) is 16.1. The second-order valence-corrected chi connectivity index (χ2v) is 6.30. The van der Waals surface area contributed by atoms with Crippen molar-refractivity contribution in [1.29, 1.82) is 0 Å².